The van der Waals surface area contributed by atoms with E-state index in [2.05, 4.69) is 17.4 Å². The number of aryl methyl sites for hydroxylation is 1. The number of hydrogen-bond acceptors (Lipinski definition) is 5. The third-order valence-electron chi connectivity index (χ3n) is 3.30. The molecule has 1 aromatic carbocycles. The summed E-state index contributed by atoms with van der Waals surface area (Å²) >= 11 is 0. The van der Waals surface area contributed by atoms with Crippen molar-refractivity contribution in [2.75, 3.05) is 19.8 Å². The Morgan fingerprint density at radius 1 is 1.26 bits per heavy atom. The first kappa shape index (κ1) is 16.9. The molecule has 1 aromatic rings. The summed E-state index contributed by atoms with van der Waals surface area (Å²) < 4.78 is 14.9. The number of amides is 1. The van der Waals surface area contributed by atoms with E-state index in [1.54, 1.807) is 0 Å². The lowest BCUT2D eigenvalue weighted by Crippen LogP contribution is -2.36. The number of carbonyl (C=O) groups excluding carboxylic acids is 2. The maximum absolute atomic E-state index is 11.8. The van der Waals surface area contributed by atoms with Gasteiger partial charge in [-0.25, -0.2) is 4.79 Å². The van der Waals surface area contributed by atoms with Gasteiger partial charge in [0.25, 0.3) is 5.91 Å². The zero-order valence-electron chi connectivity index (χ0n) is 13.1. The molecule has 6 nitrogen and oxygen atoms in total. The average Bonchev–Trinajstić information content (AvgIpc) is 2.59. The van der Waals surface area contributed by atoms with E-state index in [9.17, 15) is 9.59 Å². The molecular formula is C17H21NO5. The molecule has 0 saturated carbocycles. The number of carbonyl (C=O) groups is 2. The topological polar surface area (TPSA) is 73.9 Å². The zero-order valence-corrected chi connectivity index (χ0v) is 13.1. The van der Waals surface area contributed by atoms with E-state index in [0.717, 1.165) is 12.8 Å². The van der Waals surface area contributed by atoms with Crippen LogP contribution < -0.4 is 5.32 Å². The van der Waals surface area contributed by atoms with Crippen LogP contribution in [0.4, 0.5) is 0 Å². The number of rotatable bonds is 7. The Morgan fingerprint density at radius 2 is 2.04 bits per heavy atom. The Kier molecular flexibility index (Phi) is 6.47. The van der Waals surface area contributed by atoms with Crippen LogP contribution in [0.15, 0.2) is 42.4 Å². The molecule has 0 aromatic heterocycles. The minimum absolute atomic E-state index is 0.00473. The first-order valence-corrected chi connectivity index (χ1v) is 7.60. The van der Waals surface area contributed by atoms with Crippen LogP contribution in [0.2, 0.25) is 0 Å². The molecule has 6 heteroatoms. The van der Waals surface area contributed by atoms with Gasteiger partial charge in [0.2, 0.25) is 5.76 Å². The normalized spacial score (nSPS) is 14.7. The Labute approximate surface area is 135 Å². The summed E-state index contributed by atoms with van der Waals surface area (Å²) in [4.78, 5) is 23.4. The number of hydrogen-bond donors (Lipinski definition) is 1. The molecule has 1 amide bonds. The summed E-state index contributed by atoms with van der Waals surface area (Å²) in [6.45, 7) is 2.28. The van der Waals surface area contributed by atoms with Gasteiger partial charge in [0.05, 0.1) is 0 Å². The molecule has 1 aliphatic heterocycles. The molecule has 1 N–H and O–H groups in total. The first-order valence-electron chi connectivity index (χ1n) is 7.60. The molecule has 0 saturated heterocycles. The van der Waals surface area contributed by atoms with E-state index in [1.165, 1.54) is 11.8 Å². The average molecular weight is 319 g/mol. The van der Waals surface area contributed by atoms with Gasteiger partial charge in [-0.15, -0.1) is 0 Å². The number of nitrogens with one attached hydrogen (secondary N) is 1. The highest BCUT2D eigenvalue weighted by atomic mass is 16.6. The lowest BCUT2D eigenvalue weighted by Gasteiger charge is -2.16. The van der Waals surface area contributed by atoms with Crippen molar-refractivity contribution in [3.05, 3.63) is 47.9 Å². The van der Waals surface area contributed by atoms with Gasteiger partial charge in [0, 0.05) is 6.04 Å². The summed E-state index contributed by atoms with van der Waals surface area (Å²) in [5, 5.41) is 2.80. The van der Waals surface area contributed by atoms with Crippen molar-refractivity contribution < 1.29 is 23.8 Å². The molecule has 0 unspecified atom stereocenters. The summed E-state index contributed by atoms with van der Waals surface area (Å²) in [7, 11) is 0. The fourth-order valence-electron chi connectivity index (χ4n) is 2.09. The van der Waals surface area contributed by atoms with Crippen LogP contribution in [0, 0.1) is 0 Å². The van der Waals surface area contributed by atoms with Crippen LogP contribution in [0.3, 0.4) is 0 Å². The van der Waals surface area contributed by atoms with E-state index in [1.807, 2.05) is 25.1 Å². The largest absolute Gasteiger partial charge is 0.493 e. The van der Waals surface area contributed by atoms with Crippen molar-refractivity contribution in [3.63, 3.8) is 0 Å². The SMILES string of the molecule is C[C@H](CCc1ccccc1)NC(=O)COC(=O)C1=COCCO1. The van der Waals surface area contributed by atoms with Gasteiger partial charge >= 0.3 is 5.97 Å². The van der Waals surface area contributed by atoms with Crippen molar-refractivity contribution in [1.29, 1.82) is 0 Å². The molecule has 23 heavy (non-hydrogen) atoms. The molecule has 124 valence electrons. The summed E-state index contributed by atoms with van der Waals surface area (Å²) in [5.74, 6) is -1.05. The highest BCUT2D eigenvalue weighted by Crippen LogP contribution is 2.07. The minimum atomic E-state index is -0.697. The van der Waals surface area contributed by atoms with Gasteiger partial charge in [-0.05, 0) is 25.3 Å². The second-order valence-corrected chi connectivity index (χ2v) is 5.27. The van der Waals surface area contributed by atoms with Crippen LogP contribution in [0.25, 0.3) is 0 Å². The smallest absolute Gasteiger partial charge is 0.377 e. The van der Waals surface area contributed by atoms with Crippen LogP contribution >= 0.6 is 0 Å². The summed E-state index contributed by atoms with van der Waals surface area (Å²) in [5.41, 5.74) is 1.22. The third-order valence-corrected chi connectivity index (χ3v) is 3.30. The van der Waals surface area contributed by atoms with Crippen molar-refractivity contribution in [3.8, 4) is 0 Å². The lowest BCUT2D eigenvalue weighted by atomic mass is 10.1. The van der Waals surface area contributed by atoms with Crippen LogP contribution in [0.1, 0.15) is 18.9 Å². The molecule has 0 aliphatic carbocycles. The molecule has 1 aliphatic rings. The van der Waals surface area contributed by atoms with Crippen molar-refractivity contribution in [2.45, 2.75) is 25.8 Å². The standard InChI is InChI=1S/C17H21NO5/c1-13(7-8-14-5-3-2-4-6-14)18-16(19)12-23-17(20)15-11-21-9-10-22-15/h2-6,11,13H,7-10,12H2,1H3,(H,18,19)/t13-/m1/s1. The Hall–Kier alpha value is -2.50. The fourth-order valence-corrected chi connectivity index (χ4v) is 2.09. The van der Waals surface area contributed by atoms with Gasteiger partial charge < -0.3 is 19.5 Å². The molecule has 0 bridgehead atoms. The number of esters is 1. The molecule has 1 atom stereocenters. The van der Waals surface area contributed by atoms with E-state index in [-0.39, 0.29) is 24.3 Å². The summed E-state index contributed by atoms with van der Waals surface area (Å²) in [6, 6.07) is 10.1. The highest BCUT2D eigenvalue weighted by Gasteiger charge is 2.18. The highest BCUT2D eigenvalue weighted by molar-refractivity contribution is 5.88. The quantitative estimate of drug-likeness (QED) is 0.772. The second kappa shape index (κ2) is 8.82. The van der Waals surface area contributed by atoms with Crippen molar-refractivity contribution >= 4 is 11.9 Å². The molecule has 2 rings (SSSR count). The van der Waals surface area contributed by atoms with E-state index in [4.69, 9.17) is 14.2 Å². The lowest BCUT2D eigenvalue weighted by molar-refractivity contribution is -0.149. The molecule has 0 spiro atoms. The van der Waals surface area contributed by atoms with E-state index in [0.29, 0.717) is 13.2 Å². The van der Waals surface area contributed by atoms with Crippen LogP contribution in [-0.4, -0.2) is 37.7 Å². The van der Waals surface area contributed by atoms with Crippen molar-refractivity contribution in [1.82, 2.24) is 5.32 Å². The zero-order chi connectivity index (χ0) is 16.5. The monoisotopic (exact) mass is 319 g/mol. The maximum Gasteiger partial charge on any atom is 0.377 e. The third kappa shape index (κ3) is 6.02. The van der Waals surface area contributed by atoms with Gasteiger partial charge in [-0.1, -0.05) is 30.3 Å². The fraction of sp³-hybridized carbons (Fsp3) is 0.412. The summed E-state index contributed by atoms with van der Waals surface area (Å²) in [6.07, 6.45) is 2.89. The minimum Gasteiger partial charge on any atom is -0.493 e. The predicted octanol–water partition coefficient (Wildman–Crippen LogP) is 1.56. The van der Waals surface area contributed by atoms with E-state index >= 15 is 0 Å². The predicted molar refractivity (Wildman–Crippen MR) is 83.3 cm³/mol. The first-order chi connectivity index (χ1) is 11.1. The van der Waals surface area contributed by atoms with Gasteiger partial charge in [-0.2, -0.15) is 0 Å². The van der Waals surface area contributed by atoms with Gasteiger partial charge in [0.1, 0.15) is 19.5 Å². The molecule has 0 radical (unpaired) electrons. The van der Waals surface area contributed by atoms with Crippen LogP contribution in [0.5, 0.6) is 0 Å². The number of ether oxygens (including phenoxy) is 3. The molecule has 0 fully saturated rings. The molecular weight excluding hydrogens is 298 g/mol. The second-order valence-electron chi connectivity index (χ2n) is 5.27. The Balaban J connectivity index is 1.65. The Morgan fingerprint density at radius 3 is 2.74 bits per heavy atom. The van der Waals surface area contributed by atoms with Gasteiger partial charge in [-0.3, -0.25) is 4.79 Å². The van der Waals surface area contributed by atoms with E-state index < -0.39 is 5.97 Å². The Bertz CT molecular complexity index is 555. The molecule has 1 heterocycles. The number of benzene rings is 1. The van der Waals surface area contributed by atoms with Crippen molar-refractivity contribution in [2.24, 2.45) is 0 Å². The van der Waals surface area contributed by atoms with Crippen LogP contribution in [-0.2, 0) is 30.2 Å². The van der Waals surface area contributed by atoms with Gasteiger partial charge in [0.15, 0.2) is 6.61 Å². The maximum atomic E-state index is 11.8.